The number of anilines is 1. The number of benzene rings is 1. The van der Waals surface area contributed by atoms with E-state index in [9.17, 15) is 18.4 Å². The Morgan fingerprint density at radius 1 is 1.09 bits per heavy atom. The zero-order chi connectivity index (χ0) is 25.4. The maximum Gasteiger partial charge on any atom is 0.586 e. The van der Waals surface area contributed by atoms with Crippen molar-refractivity contribution in [3.8, 4) is 11.5 Å². The predicted octanol–water partition coefficient (Wildman–Crippen LogP) is 6.10. The van der Waals surface area contributed by atoms with Gasteiger partial charge in [-0.1, -0.05) is 37.1 Å². The third-order valence-corrected chi connectivity index (χ3v) is 6.16. The Hall–Kier alpha value is -3.55. The van der Waals surface area contributed by atoms with Crippen LogP contribution in [-0.2, 0) is 15.0 Å². The first-order chi connectivity index (χ1) is 16.5. The van der Waals surface area contributed by atoms with Gasteiger partial charge in [0, 0.05) is 5.57 Å². The molecule has 1 amide bonds. The lowest BCUT2D eigenvalue weighted by atomic mass is 9.94. The van der Waals surface area contributed by atoms with E-state index in [1.165, 1.54) is 19.1 Å². The highest BCUT2D eigenvalue weighted by Crippen LogP contribution is 2.52. The number of rotatable bonds is 8. The Kier molecular flexibility index (Phi) is 6.49. The second-order valence-corrected chi connectivity index (χ2v) is 9.18. The van der Waals surface area contributed by atoms with Crippen LogP contribution in [0.1, 0.15) is 63.3 Å². The van der Waals surface area contributed by atoms with Crippen molar-refractivity contribution in [3.63, 3.8) is 0 Å². The van der Waals surface area contributed by atoms with Gasteiger partial charge in [0.25, 0.3) is 0 Å². The molecule has 1 aliphatic heterocycles. The smallest absolute Gasteiger partial charge is 0.395 e. The molecule has 1 saturated carbocycles. The van der Waals surface area contributed by atoms with Crippen LogP contribution < -0.4 is 14.8 Å². The van der Waals surface area contributed by atoms with E-state index >= 15 is 0 Å². The van der Waals surface area contributed by atoms with Crippen molar-refractivity contribution in [1.29, 1.82) is 0 Å². The third-order valence-electron chi connectivity index (χ3n) is 6.16. The van der Waals surface area contributed by atoms with E-state index in [0.29, 0.717) is 35.5 Å². The molecule has 4 rings (SSSR count). The molecule has 2 heterocycles. The summed E-state index contributed by atoms with van der Waals surface area (Å²) in [4.78, 5) is 29.8. The van der Waals surface area contributed by atoms with E-state index in [-0.39, 0.29) is 23.2 Å². The van der Waals surface area contributed by atoms with E-state index in [1.807, 2.05) is 26.0 Å². The molecule has 0 atom stereocenters. The Labute approximate surface area is 203 Å². The van der Waals surface area contributed by atoms with Gasteiger partial charge in [0.15, 0.2) is 17.3 Å². The fraction of sp³-hybridized carbons (Fsp3) is 0.370. The average Bonchev–Trinajstić information content (AvgIpc) is 3.51. The molecule has 0 bridgehead atoms. The van der Waals surface area contributed by atoms with Gasteiger partial charge in [-0.3, -0.25) is 9.59 Å². The Balaban J connectivity index is 1.60. The summed E-state index contributed by atoms with van der Waals surface area (Å²) in [6, 6.07) is 7.99. The number of carbonyl (C=O) groups is 2. The molecule has 0 spiro atoms. The molecule has 0 saturated heterocycles. The molecule has 1 aliphatic carbocycles. The lowest BCUT2D eigenvalue weighted by Crippen LogP contribution is -2.28. The SMILES string of the molecule is CCC/C(C)=C\C(=C/C(C)=O)c1nc(NC(=O)C2(c3ccc4c(c3)OC(F)(F)O4)CC2)ccc1C. The highest BCUT2D eigenvalue weighted by Gasteiger charge is 2.53. The number of allylic oxidation sites excluding steroid dienone is 4. The minimum absolute atomic E-state index is 0.0592. The lowest BCUT2D eigenvalue weighted by Gasteiger charge is -2.17. The predicted molar refractivity (Wildman–Crippen MR) is 128 cm³/mol. The molecule has 1 N–H and O–H groups in total. The maximum atomic E-state index is 13.4. The van der Waals surface area contributed by atoms with Crippen molar-refractivity contribution in [1.82, 2.24) is 4.98 Å². The van der Waals surface area contributed by atoms with Gasteiger partial charge in [0.2, 0.25) is 5.91 Å². The summed E-state index contributed by atoms with van der Waals surface area (Å²) in [7, 11) is 0. The molecule has 2 aliphatic rings. The number of alkyl halides is 2. The molecular weight excluding hydrogens is 454 g/mol. The fourth-order valence-electron chi connectivity index (χ4n) is 4.27. The van der Waals surface area contributed by atoms with Crippen LogP contribution in [-0.4, -0.2) is 23.0 Å². The van der Waals surface area contributed by atoms with Crippen LogP contribution in [0, 0.1) is 6.92 Å². The summed E-state index contributed by atoms with van der Waals surface area (Å²) in [6.45, 7) is 7.49. The summed E-state index contributed by atoms with van der Waals surface area (Å²) in [5.74, 6) is -0.168. The lowest BCUT2D eigenvalue weighted by molar-refractivity contribution is -0.286. The number of aryl methyl sites for hydroxylation is 1. The second-order valence-electron chi connectivity index (χ2n) is 9.18. The van der Waals surface area contributed by atoms with Gasteiger partial charge in [-0.2, -0.15) is 0 Å². The van der Waals surface area contributed by atoms with Crippen molar-refractivity contribution < 1.29 is 27.8 Å². The van der Waals surface area contributed by atoms with Crippen LogP contribution in [0.5, 0.6) is 11.5 Å². The van der Waals surface area contributed by atoms with E-state index < -0.39 is 11.7 Å². The summed E-state index contributed by atoms with van der Waals surface area (Å²) in [6.07, 6.45) is 2.81. The average molecular weight is 483 g/mol. The van der Waals surface area contributed by atoms with Crippen LogP contribution in [0.3, 0.4) is 0 Å². The topological polar surface area (TPSA) is 77.5 Å². The normalized spacial score (nSPS) is 17.8. The number of ketones is 1. The minimum Gasteiger partial charge on any atom is -0.395 e. The zero-order valence-electron chi connectivity index (χ0n) is 20.2. The van der Waals surface area contributed by atoms with Gasteiger partial charge in [0.05, 0.1) is 11.1 Å². The van der Waals surface area contributed by atoms with E-state index in [1.54, 1.807) is 18.2 Å². The fourth-order valence-corrected chi connectivity index (χ4v) is 4.27. The Bertz CT molecular complexity index is 1250. The first-order valence-corrected chi connectivity index (χ1v) is 11.6. The van der Waals surface area contributed by atoms with Gasteiger partial charge in [-0.25, -0.2) is 4.98 Å². The molecule has 6 nitrogen and oxygen atoms in total. The van der Waals surface area contributed by atoms with Crippen LogP contribution in [0.4, 0.5) is 14.6 Å². The number of aromatic nitrogens is 1. The summed E-state index contributed by atoms with van der Waals surface area (Å²) >= 11 is 0. The molecule has 8 heteroatoms. The molecule has 1 aromatic carbocycles. The Morgan fingerprint density at radius 3 is 2.46 bits per heavy atom. The van der Waals surface area contributed by atoms with E-state index in [2.05, 4.69) is 26.7 Å². The number of nitrogens with one attached hydrogen (secondary N) is 1. The standard InChI is InChI=1S/C27H28F2N2O4/c1-5-6-16(2)13-19(14-18(4)32)24-17(3)7-10-23(30-24)31-25(33)26(11-12-26)20-8-9-21-22(15-20)35-27(28,29)34-21/h7-10,13-15H,5-6,11-12H2,1-4H3,(H,30,31,33)/b16-13-,19-14+. The van der Waals surface area contributed by atoms with Crippen molar-refractivity contribution in [3.05, 3.63) is 64.9 Å². The van der Waals surface area contributed by atoms with E-state index in [0.717, 1.165) is 24.0 Å². The molecule has 0 unspecified atom stereocenters. The largest absolute Gasteiger partial charge is 0.586 e. The van der Waals surface area contributed by atoms with Crippen LogP contribution in [0.25, 0.3) is 5.57 Å². The number of hydrogen-bond acceptors (Lipinski definition) is 5. The zero-order valence-corrected chi connectivity index (χ0v) is 20.2. The number of nitrogens with zero attached hydrogens (tertiary/aromatic N) is 1. The Morgan fingerprint density at radius 2 is 1.80 bits per heavy atom. The van der Waals surface area contributed by atoms with Crippen LogP contribution in [0.2, 0.25) is 0 Å². The molecular formula is C27H28F2N2O4. The molecule has 184 valence electrons. The van der Waals surface area contributed by atoms with Crippen molar-refractivity contribution in [2.45, 2.75) is 65.1 Å². The van der Waals surface area contributed by atoms with Crippen LogP contribution >= 0.6 is 0 Å². The highest BCUT2D eigenvalue weighted by molar-refractivity contribution is 6.01. The minimum atomic E-state index is -3.71. The summed E-state index contributed by atoms with van der Waals surface area (Å²) in [5.41, 5.74) is 3.03. The van der Waals surface area contributed by atoms with Gasteiger partial charge < -0.3 is 14.8 Å². The van der Waals surface area contributed by atoms with Crippen LogP contribution in [0.15, 0.2) is 48.1 Å². The number of ether oxygens (including phenoxy) is 2. The number of carbonyl (C=O) groups excluding carboxylic acids is 2. The van der Waals surface area contributed by atoms with E-state index in [4.69, 9.17) is 0 Å². The van der Waals surface area contributed by atoms with Crippen molar-refractivity contribution in [2.24, 2.45) is 0 Å². The number of halogens is 2. The first kappa shape index (κ1) is 24.6. The number of fused-ring (bicyclic) bond motifs is 1. The third kappa shape index (κ3) is 5.26. The summed E-state index contributed by atoms with van der Waals surface area (Å²) in [5, 5.41) is 2.88. The van der Waals surface area contributed by atoms with Gasteiger partial charge in [0.1, 0.15) is 5.82 Å². The molecule has 35 heavy (non-hydrogen) atoms. The first-order valence-electron chi connectivity index (χ1n) is 11.6. The highest BCUT2D eigenvalue weighted by atomic mass is 19.3. The molecule has 0 radical (unpaired) electrons. The summed E-state index contributed by atoms with van der Waals surface area (Å²) < 4.78 is 35.8. The van der Waals surface area contributed by atoms with Gasteiger partial charge in [-0.15, -0.1) is 8.78 Å². The number of pyridine rings is 1. The number of hydrogen-bond donors (Lipinski definition) is 1. The quantitative estimate of drug-likeness (QED) is 0.363. The molecule has 2 aromatic rings. The van der Waals surface area contributed by atoms with Gasteiger partial charge >= 0.3 is 6.29 Å². The molecule has 1 aromatic heterocycles. The second kappa shape index (κ2) is 9.24. The maximum absolute atomic E-state index is 13.4. The van der Waals surface area contributed by atoms with Gasteiger partial charge in [-0.05, 0) is 75.4 Å². The van der Waals surface area contributed by atoms with Crippen molar-refractivity contribution in [2.75, 3.05) is 5.32 Å². The number of amides is 1. The van der Waals surface area contributed by atoms with Crippen molar-refractivity contribution >= 4 is 23.1 Å². The molecule has 1 fully saturated rings. The monoisotopic (exact) mass is 482 g/mol.